The molecule has 1 unspecified atom stereocenters. The van der Waals surface area contributed by atoms with Crippen molar-refractivity contribution in [2.45, 2.75) is 0 Å². The number of aromatic nitrogens is 3. The zero-order chi connectivity index (χ0) is 19.2. The van der Waals surface area contributed by atoms with Crippen LogP contribution in [-0.4, -0.2) is 9.97 Å². The summed E-state index contributed by atoms with van der Waals surface area (Å²) in [6.07, 6.45) is 1.75. The van der Waals surface area contributed by atoms with Gasteiger partial charge in [0.25, 0.3) is 0 Å². The predicted molar refractivity (Wildman–Crippen MR) is 113 cm³/mol. The number of hydrogen-bond donors (Lipinski definition) is 0. The van der Waals surface area contributed by atoms with Gasteiger partial charge in [0, 0.05) is 12.0 Å². The first kappa shape index (κ1) is 21.0. The van der Waals surface area contributed by atoms with Gasteiger partial charge < -0.3 is 9.97 Å². The van der Waals surface area contributed by atoms with Gasteiger partial charge in [0.2, 0.25) is 0 Å². The van der Waals surface area contributed by atoms with Crippen molar-refractivity contribution < 1.29 is 25.5 Å². The fourth-order valence-electron chi connectivity index (χ4n) is 2.65. The van der Waals surface area contributed by atoms with Crippen LogP contribution in [0, 0.1) is 11.9 Å². The molecule has 2 aromatic carbocycles. The zero-order valence-corrected chi connectivity index (χ0v) is 18.5. The molecule has 0 radical (unpaired) electrons. The third-order valence-corrected chi connectivity index (χ3v) is 5.11. The van der Waals surface area contributed by atoms with Crippen LogP contribution in [-0.2, 0) is 21.1 Å². The Morgan fingerprint density at radius 1 is 0.897 bits per heavy atom. The van der Waals surface area contributed by atoms with Crippen LogP contribution in [0.1, 0.15) is 0 Å². The quantitative estimate of drug-likeness (QED) is 0.246. The van der Waals surface area contributed by atoms with Crippen LogP contribution in [0.25, 0.3) is 33.4 Å². The van der Waals surface area contributed by atoms with Crippen LogP contribution in [0.3, 0.4) is 0 Å². The fourth-order valence-corrected chi connectivity index (χ4v) is 3.54. The molecule has 0 aliphatic heterocycles. The monoisotopic (exact) mass is 579 g/mol. The number of pyridine rings is 1. The molecule has 0 bridgehead atoms. The van der Waals surface area contributed by atoms with Crippen LogP contribution < -0.4 is 4.98 Å². The second-order valence-corrected chi connectivity index (χ2v) is 7.11. The van der Waals surface area contributed by atoms with E-state index in [4.69, 9.17) is 0 Å². The van der Waals surface area contributed by atoms with Crippen LogP contribution >= 0.6 is 8.19 Å². The van der Waals surface area contributed by atoms with Gasteiger partial charge in [0.05, 0.1) is 19.2 Å². The number of rotatable bonds is 2. The largest absolute Gasteiger partial charge is 2.00 e. The Kier molecular flexibility index (Phi) is 7.41. The molecule has 0 amide bonds. The minimum atomic E-state index is -0.233. The van der Waals surface area contributed by atoms with Crippen molar-refractivity contribution in [3.63, 3.8) is 0 Å². The zero-order valence-electron chi connectivity index (χ0n) is 15.2. The Morgan fingerprint density at radius 2 is 1.72 bits per heavy atom. The molecule has 0 N–H and O–H groups in total. The van der Waals surface area contributed by atoms with E-state index in [9.17, 15) is 4.39 Å². The Hall–Kier alpha value is -2.67. The maximum atomic E-state index is 12.6. The number of benzene rings is 2. The Labute approximate surface area is 184 Å². The van der Waals surface area contributed by atoms with Crippen molar-refractivity contribution in [2.24, 2.45) is 0 Å². The molecule has 1 atom stereocenters. The summed E-state index contributed by atoms with van der Waals surface area (Å²) in [5, 5.41) is 1.21. The molecular formula is C23H16FN3PPt+. The average Bonchev–Trinajstić information content (AvgIpc) is 3.20. The summed E-state index contributed by atoms with van der Waals surface area (Å²) in [6, 6.07) is 27.1. The number of fused-ring (bicyclic) bond motifs is 1. The molecule has 0 aliphatic carbocycles. The molecule has 3 nitrogen and oxygen atoms in total. The Morgan fingerprint density at radius 3 is 2.41 bits per heavy atom. The smallest absolute Gasteiger partial charge is 0.434 e. The molecule has 0 saturated heterocycles. The summed E-state index contributed by atoms with van der Waals surface area (Å²) in [5.41, 5.74) is 3.63. The Balaban J connectivity index is 0.000000162. The summed E-state index contributed by atoms with van der Waals surface area (Å²) < 4.78 is 12.6. The first-order valence-corrected chi connectivity index (χ1v) is 9.82. The van der Waals surface area contributed by atoms with Gasteiger partial charge in [0.1, 0.15) is 5.80 Å². The molecule has 0 saturated carbocycles. The van der Waals surface area contributed by atoms with Crippen LogP contribution in [0.15, 0.2) is 90.9 Å². The first-order valence-electron chi connectivity index (χ1n) is 8.75. The molecule has 6 heteroatoms. The molecule has 144 valence electrons. The minimum Gasteiger partial charge on any atom is -0.434 e. The van der Waals surface area contributed by atoms with Gasteiger partial charge in [-0.3, -0.25) is 9.37 Å². The summed E-state index contributed by atoms with van der Waals surface area (Å²) in [5.74, 6) is 2.56. The maximum Gasteiger partial charge on any atom is 2.00 e. The fraction of sp³-hybridized carbons (Fsp3) is 0. The summed E-state index contributed by atoms with van der Waals surface area (Å²) >= 11 is 0. The average molecular weight is 579 g/mol. The van der Waals surface area contributed by atoms with Crippen molar-refractivity contribution in [1.29, 1.82) is 0 Å². The molecule has 5 rings (SSSR count). The molecule has 0 fully saturated rings. The summed E-state index contributed by atoms with van der Waals surface area (Å²) in [4.78, 5) is 13.0. The van der Waals surface area contributed by atoms with E-state index in [0.29, 0.717) is 14.0 Å². The molecule has 3 aromatic heterocycles. The van der Waals surface area contributed by atoms with Gasteiger partial charge in [-0.05, 0) is 35.1 Å². The van der Waals surface area contributed by atoms with Gasteiger partial charge in [0.15, 0.2) is 0 Å². The summed E-state index contributed by atoms with van der Waals surface area (Å²) in [7, 11) is 0.663. The van der Waals surface area contributed by atoms with E-state index in [-0.39, 0.29) is 26.9 Å². The van der Waals surface area contributed by atoms with E-state index in [1.54, 1.807) is 12.3 Å². The van der Waals surface area contributed by atoms with E-state index in [1.807, 2.05) is 60.7 Å². The third-order valence-electron chi connectivity index (χ3n) is 4.00. The van der Waals surface area contributed by atoms with Crippen LogP contribution in [0.4, 0.5) is 4.39 Å². The van der Waals surface area contributed by atoms with Crippen LogP contribution in [0.2, 0.25) is 0 Å². The van der Waals surface area contributed by atoms with Gasteiger partial charge in [-0.15, -0.1) is 29.8 Å². The predicted octanol–water partition coefficient (Wildman–Crippen LogP) is 5.86. The number of imidazole rings is 1. The first-order chi connectivity index (χ1) is 13.8. The van der Waals surface area contributed by atoms with Crippen molar-refractivity contribution in [3.05, 3.63) is 103 Å². The second-order valence-electron chi connectivity index (χ2n) is 5.95. The van der Waals surface area contributed by atoms with E-state index < -0.39 is 0 Å². The van der Waals surface area contributed by atoms with E-state index in [1.165, 1.54) is 17.4 Å². The molecule has 5 aromatic rings. The van der Waals surface area contributed by atoms with Crippen molar-refractivity contribution in [2.75, 3.05) is 0 Å². The normalized spacial score (nSPS) is 10.2. The minimum absolute atomic E-state index is 0. The van der Waals surface area contributed by atoms with Crippen LogP contribution in [0.5, 0.6) is 0 Å². The number of hydrogen-bond acceptors (Lipinski definition) is 2. The SMILES string of the molecule is Fc1c[c-]c(-c2cccc[pH+]2)cc1.[Pt+2].c1ccc(-c2nc3ccccc3[n-]2)nc1. The maximum absolute atomic E-state index is 12.6. The van der Waals surface area contributed by atoms with E-state index >= 15 is 0 Å². The molecule has 3 heterocycles. The van der Waals surface area contributed by atoms with Gasteiger partial charge in [-0.2, -0.15) is 0 Å². The Bertz CT molecular complexity index is 1130. The standard InChI is InChI=1S/C12H8N3.C11H7FP.Pt/c1-2-6-10-9(5-1)14-12(15-10)11-7-3-4-8-13-11;12-10-6-4-9(5-7-10)11-3-1-2-8-13-11;/h1-8H;1-4,6-8H;/q2*-1;+2/p+1. The molecule has 0 aliphatic rings. The number of nitrogens with zero attached hydrogens (tertiary/aromatic N) is 3. The van der Waals surface area contributed by atoms with Crippen molar-refractivity contribution in [3.8, 4) is 22.4 Å². The molecule has 0 spiro atoms. The van der Waals surface area contributed by atoms with Gasteiger partial charge in [-0.1, -0.05) is 42.5 Å². The van der Waals surface area contributed by atoms with E-state index in [2.05, 4.69) is 26.8 Å². The van der Waals surface area contributed by atoms with Gasteiger partial charge in [-0.25, -0.2) is 0 Å². The van der Waals surface area contributed by atoms with Crippen molar-refractivity contribution in [1.82, 2.24) is 15.0 Å². The topological polar surface area (TPSA) is 39.9 Å². The number of para-hydroxylation sites is 2. The van der Waals surface area contributed by atoms with E-state index in [0.717, 1.165) is 22.3 Å². The van der Waals surface area contributed by atoms with Gasteiger partial charge >= 0.3 is 21.1 Å². The third kappa shape index (κ3) is 5.44. The van der Waals surface area contributed by atoms with Crippen molar-refractivity contribution >= 4 is 19.2 Å². The summed E-state index contributed by atoms with van der Waals surface area (Å²) in [6.45, 7) is 0. The molecular weight excluding hydrogens is 563 g/mol. The number of halogens is 1. The second kappa shape index (κ2) is 10.2. The molecule has 29 heavy (non-hydrogen) atoms.